The first-order valence-corrected chi connectivity index (χ1v) is 7.30. The topological polar surface area (TPSA) is 96.6 Å². The number of aromatic nitrogens is 2. The molecule has 7 heteroatoms. The van der Waals surface area contributed by atoms with Crippen LogP contribution in [0.3, 0.4) is 0 Å². The zero-order valence-corrected chi connectivity index (χ0v) is 12.6. The average Bonchev–Trinajstić information content (AvgIpc) is 2.54. The summed E-state index contributed by atoms with van der Waals surface area (Å²) in [6.45, 7) is 1.98. The van der Waals surface area contributed by atoms with Gasteiger partial charge in [0, 0.05) is 18.3 Å². The van der Waals surface area contributed by atoms with Gasteiger partial charge in [0.2, 0.25) is 0 Å². The summed E-state index contributed by atoms with van der Waals surface area (Å²) in [5, 5.41) is 13.3. The maximum atomic E-state index is 12.0. The largest absolute Gasteiger partial charge is 0.478 e. The molecule has 0 radical (unpaired) electrons. The van der Waals surface area contributed by atoms with E-state index in [1.54, 1.807) is 16.7 Å². The predicted molar refractivity (Wildman–Crippen MR) is 86.0 cm³/mol. The summed E-state index contributed by atoms with van der Waals surface area (Å²) in [7, 11) is 0. The molecule has 118 valence electrons. The maximum Gasteiger partial charge on any atom is 0.335 e. The van der Waals surface area contributed by atoms with Crippen molar-refractivity contribution < 1.29 is 9.90 Å². The van der Waals surface area contributed by atoms with Crippen LogP contribution in [0.1, 0.15) is 42.0 Å². The second-order valence-corrected chi connectivity index (χ2v) is 5.42. The molecule has 0 bridgehead atoms. The molecule has 2 N–H and O–H groups in total. The van der Waals surface area contributed by atoms with E-state index in [0.717, 1.165) is 6.42 Å². The Morgan fingerprint density at radius 3 is 3.04 bits per heavy atom. The zero-order chi connectivity index (χ0) is 16.4. The number of fused-ring (bicyclic) bond motifs is 1. The third kappa shape index (κ3) is 2.98. The molecule has 1 aliphatic heterocycles. The fraction of sp³-hybridized carbons (Fsp3) is 0.250. The maximum absolute atomic E-state index is 12.0. The number of rotatable bonds is 3. The Hall–Kier alpha value is -2.96. The van der Waals surface area contributed by atoms with Gasteiger partial charge in [0.05, 0.1) is 11.3 Å². The normalized spacial score (nSPS) is 18.5. The van der Waals surface area contributed by atoms with Crippen molar-refractivity contribution in [2.75, 3.05) is 5.43 Å². The van der Waals surface area contributed by atoms with Crippen molar-refractivity contribution in [3.05, 3.63) is 58.3 Å². The lowest BCUT2D eigenvalue weighted by Gasteiger charge is -2.24. The highest BCUT2D eigenvalue weighted by Gasteiger charge is 2.22. The lowest BCUT2D eigenvalue weighted by Crippen LogP contribution is -2.33. The quantitative estimate of drug-likeness (QED) is 0.846. The van der Waals surface area contributed by atoms with Crippen LogP contribution in [0.4, 0.5) is 5.69 Å². The van der Waals surface area contributed by atoms with Crippen molar-refractivity contribution in [1.29, 1.82) is 0 Å². The number of hydrogen-bond donors (Lipinski definition) is 2. The van der Waals surface area contributed by atoms with E-state index in [1.165, 1.54) is 24.4 Å². The predicted octanol–water partition coefficient (Wildman–Crippen LogP) is 2.11. The molecule has 1 aliphatic rings. The van der Waals surface area contributed by atoms with E-state index >= 15 is 0 Å². The van der Waals surface area contributed by atoms with Gasteiger partial charge in [-0.15, -0.1) is 0 Å². The van der Waals surface area contributed by atoms with Crippen LogP contribution in [-0.4, -0.2) is 26.3 Å². The molecule has 0 spiro atoms. The molecule has 2 aromatic rings. The number of carbonyl (C=O) groups is 1. The molecule has 0 amide bonds. The van der Waals surface area contributed by atoms with Crippen molar-refractivity contribution in [1.82, 2.24) is 9.55 Å². The van der Waals surface area contributed by atoms with Crippen LogP contribution in [0, 0.1) is 0 Å². The SMILES string of the molecule is CC1CC/C(=N\Nc2cccc(C(=O)O)c2)c2nccc(=O)n21. The summed E-state index contributed by atoms with van der Waals surface area (Å²) in [6.07, 6.45) is 2.98. The Morgan fingerprint density at radius 2 is 2.26 bits per heavy atom. The Balaban J connectivity index is 1.92. The third-order valence-electron chi connectivity index (χ3n) is 3.81. The molecule has 0 saturated carbocycles. The molecule has 1 aromatic carbocycles. The summed E-state index contributed by atoms with van der Waals surface area (Å²) >= 11 is 0. The Bertz CT molecular complexity index is 841. The van der Waals surface area contributed by atoms with Crippen molar-refractivity contribution >= 4 is 17.4 Å². The van der Waals surface area contributed by atoms with Crippen molar-refractivity contribution in [3.8, 4) is 0 Å². The van der Waals surface area contributed by atoms with Gasteiger partial charge in [-0.05, 0) is 38.0 Å². The fourth-order valence-electron chi connectivity index (χ4n) is 2.60. The molecule has 23 heavy (non-hydrogen) atoms. The standard InChI is InChI=1S/C16H16N4O3/c1-10-5-6-13(15-17-8-7-14(21)20(10)15)19-18-12-4-2-3-11(9-12)16(22)23/h2-4,7-10,18H,5-6H2,1H3,(H,22,23)/b19-13+. The van der Waals surface area contributed by atoms with E-state index in [-0.39, 0.29) is 17.2 Å². The van der Waals surface area contributed by atoms with Crippen molar-refractivity contribution in [3.63, 3.8) is 0 Å². The Kier molecular flexibility index (Phi) is 3.92. The Morgan fingerprint density at radius 1 is 1.43 bits per heavy atom. The van der Waals surface area contributed by atoms with Gasteiger partial charge in [0.15, 0.2) is 5.82 Å². The molecule has 3 rings (SSSR count). The molecule has 0 aliphatic carbocycles. The molecule has 0 fully saturated rings. The highest BCUT2D eigenvalue weighted by atomic mass is 16.4. The molecule has 2 heterocycles. The summed E-state index contributed by atoms with van der Waals surface area (Å²) in [5.74, 6) is -0.440. The van der Waals surface area contributed by atoms with E-state index in [4.69, 9.17) is 5.11 Å². The molecule has 1 atom stereocenters. The molecule has 7 nitrogen and oxygen atoms in total. The van der Waals surface area contributed by atoms with Gasteiger partial charge >= 0.3 is 5.97 Å². The number of nitrogens with one attached hydrogen (secondary N) is 1. The molecular weight excluding hydrogens is 296 g/mol. The smallest absolute Gasteiger partial charge is 0.335 e. The summed E-state index contributed by atoms with van der Waals surface area (Å²) in [4.78, 5) is 27.2. The van der Waals surface area contributed by atoms with E-state index in [0.29, 0.717) is 23.6 Å². The lowest BCUT2D eigenvalue weighted by atomic mass is 10.0. The van der Waals surface area contributed by atoms with Crippen LogP contribution in [0.2, 0.25) is 0 Å². The number of aromatic carboxylic acids is 1. The van der Waals surface area contributed by atoms with Crippen molar-refractivity contribution in [2.24, 2.45) is 5.10 Å². The first-order valence-electron chi connectivity index (χ1n) is 7.30. The molecule has 1 aromatic heterocycles. The second kappa shape index (κ2) is 6.04. The number of carboxylic acid groups (broad SMARTS) is 1. The van der Waals surface area contributed by atoms with Gasteiger partial charge in [0.1, 0.15) is 5.71 Å². The molecule has 1 unspecified atom stereocenters. The van der Waals surface area contributed by atoms with Crippen LogP contribution in [-0.2, 0) is 0 Å². The summed E-state index contributed by atoms with van der Waals surface area (Å²) < 4.78 is 1.64. The van der Waals surface area contributed by atoms with Crippen LogP contribution >= 0.6 is 0 Å². The number of hydrazone groups is 1. The van der Waals surface area contributed by atoms with Gasteiger partial charge in [-0.3, -0.25) is 14.8 Å². The van der Waals surface area contributed by atoms with Crippen LogP contribution < -0.4 is 11.0 Å². The van der Waals surface area contributed by atoms with E-state index < -0.39 is 5.97 Å². The second-order valence-electron chi connectivity index (χ2n) is 5.42. The number of carboxylic acids is 1. The lowest BCUT2D eigenvalue weighted by molar-refractivity contribution is 0.0697. The highest BCUT2D eigenvalue weighted by molar-refractivity contribution is 5.98. The van der Waals surface area contributed by atoms with Crippen LogP contribution in [0.25, 0.3) is 0 Å². The van der Waals surface area contributed by atoms with Crippen LogP contribution in [0.15, 0.2) is 46.4 Å². The van der Waals surface area contributed by atoms with Gasteiger partial charge in [0.25, 0.3) is 5.56 Å². The number of nitrogens with zero attached hydrogens (tertiary/aromatic N) is 3. The number of anilines is 1. The number of benzene rings is 1. The number of hydrogen-bond acceptors (Lipinski definition) is 5. The van der Waals surface area contributed by atoms with Gasteiger partial charge in [-0.25, -0.2) is 9.78 Å². The van der Waals surface area contributed by atoms with Gasteiger partial charge in [-0.2, -0.15) is 5.10 Å². The first kappa shape index (κ1) is 15.0. The van der Waals surface area contributed by atoms with Gasteiger partial charge in [-0.1, -0.05) is 6.07 Å². The van der Waals surface area contributed by atoms with E-state index in [1.807, 2.05) is 6.92 Å². The third-order valence-corrected chi connectivity index (χ3v) is 3.81. The summed E-state index contributed by atoms with van der Waals surface area (Å²) in [6, 6.07) is 7.91. The Labute approximate surface area is 132 Å². The zero-order valence-electron chi connectivity index (χ0n) is 12.6. The van der Waals surface area contributed by atoms with Gasteiger partial charge < -0.3 is 5.11 Å². The minimum atomic E-state index is -0.994. The minimum Gasteiger partial charge on any atom is -0.478 e. The summed E-state index contributed by atoms with van der Waals surface area (Å²) in [5.41, 5.74) is 4.19. The van der Waals surface area contributed by atoms with E-state index in [9.17, 15) is 9.59 Å². The fourth-order valence-corrected chi connectivity index (χ4v) is 2.60. The van der Waals surface area contributed by atoms with E-state index in [2.05, 4.69) is 15.5 Å². The first-order chi connectivity index (χ1) is 11.1. The molecule has 0 saturated heterocycles. The minimum absolute atomic E-state index is 0.0838. The highest BCUT2D eigenvalue weighted by Crippen LogP contribution is 2.21. The van der Waals surface area contributed by atoms with Crippen molar-refractivity contribution in [2.45, 2.75) is 25.8 Å². The molecular formula is C16H16N4O3. The monoisotopic (exact) mass is 312 g/mol. The van der Waals surface area contributed by atoms with Crippen LogP contribution in [0.5, 0.6) is 0 Å². The average molecular weight is 312 g/mol.